The van der Waals surface area contributed by atoms with Crippen molar-refractivity contribution in [2.45, 2.75) is 88.9 Å². The summed E-state index contributed by atoms with van der Waals surface area (Å²) in [6.07, 6.45) is 10.5. The molecule has 8 aromatic carbocycles. The lowest BCUT2D eigenvalue weighted by molar-refractivity contribution is 0.244. The van der Waals surface area contributed by atoms with Gasteiger partial charge in [-0.15, -0.1) is 0 Å². The average Bonchev–Trinajstić information content (AvgIpc) is 4.09. The van der Waals surface area contributed by atoms with Crippen molar-refractivity contribution >= 4 is 34.1 Å². The van der Waals surface area contributed by atoms with Gasteiger partial charge in [0.25, 0.3) is 0 Å². The summed E-state index contributed by atoms with van der Waals surface area (Å²) in [5, 5.41) is 0. The monoisotopic (exact) mass is 870 g/mol. The Morgan fingerprint density at radius 1 is 0.448 bits per heavy atom. The van der Waals surface area contributed by atoms with Gasteiger partial charge in [-0.1, -0.05) is 167 Å². The van der Waals surface area contributed by atoms with Crippen molar-refractivity contribution in [3.63, 3.8) is 0 Å². The summed E-state index contributed by atoms with van der Waals surface area (Å²) in [6, 6.07) is 75.7. The molecule has 3 saturated carbocycles. The first-order valence-corrected chi connectivity index (χ1v) is 25.2. The zero-order valence-electron chi connectivity index (χ0n) is 39.4. The second kappa shape index (κ2) is 16.9. The van der Waals surface area contributed by atoms with Gasteiger partial charge in [0.1, 0.15) is 0 Å². The van der Waals surface area contributed by atoms with E-state index in [1.807, 2.05) is 0 Å². The molecule has 0 aliphatic heterocycles. The Balaban J connectivity index is 0.937. The lowest BCUT2D eigenvalue weighted by atomic mass is 9.60. The molecule has 5 unspecified atom stereocenters. The van der Waals surface area contributed by atoms with Crippen LogP contribution >= 0.6 is 0 Å². The molecule has 3 fully saturated rings. The van der Waals surface area contributed by atoms with E-state index >= 15 is 0 Å². The van der Waals surface area contributed by atoms with Crippen molar-refractivity contribution in [2.24, 2.45) is 17.8 Å². The number of rotatable bonds is 10. The van der Waals surface area contributed by atoms with Gasteiger partial charge in [0.2, 0.25) is 0 Å². The lowest BCUT2D eigenvalue weighted by Crippen LogP contribution is -2.37. The Morgan fingerprint density at radius 3 is 1.57 bits per heavy atom. The molecule has 12 rings (SSSR count). The minimum atomic E-state index is -0.148. The fourth-order valence-electron chi connectivity index (χ4n) is 13.5. The average molecular weight is 871 g/mol. The third kappa shape index (κ3) is 7.14. The van der Waals surface area contributed by atoms with Crippen LogP contribution in [-0.4, -0.2) is 0 Å². The van der Waals surface area contributed by atoms with Crippen molar-refractivity contribution in [1.29, 1.82) is 0 Å². The molecule has 67 heavy (non-hydrogen) atoms. The standard InChI is InChI=1S/C65H62N2/c1-45-16-13-14-41-65(45,50-29-35-55(36-30-50)66(52-19-9-5-10-20-52)53-21-11-6-12-22-53)51-31-37-56(38-32-51)67(54-33-27-48(28-34-54)60-43-46-25-26-49(60)42-46)57-39-40-59-62(44-57)64(2,3)61-24-15-23-58(63(59)61)47-17-7-4-8-18-47/h4-12,15,17-24,27-40,44-46,49,60H,13-14,16,25-26,41-43H2,1-3H3. The van der Waals surface area contributed by atoms with Crippen molar-refractivity contribution in [3.8, 4) is 22.3 Å². The molecule has 0 spiro atoms. The van der Waals surface area contributed by atoms with Crippen LogP contribution in [0.15, 0.2) is 200 Å². The highest BCUT2D eigenvalue weighted by Gasteiger charge is 2.43. The molecule has 4 aliphatic rings. The summed E-state index contributed by atoms with van der Waals surface area (Å²) in [5.74, 6) is 3.00. The van der Waals surface area contributed by atoms with Crippen LogP contribution in [0.5, 0.6) is 0 Å². The highest BCUT2D eigenvalue weighted by molar-refractivity contribution is 5.94. The van der Waals surface area contributed by atoms with E-state index in [9.17, 15) is 0 Å². The van der Waals surface area contributed by atoms with Crippen molar-refractivity contribution in [1.82, 2.24) is 0 Å². The molecule has 0 amide bonds. The third-order valence-electron chi connectivity index (χ3n) is 17.0. The molecule has 0 heterocycles. The molecule has 332 valence electrons. The summed E-state index contributed by atoms with van der Waals surface area (Å²) in [7, 11) is 0. The summed E-state index contributed by atoms with van der Waals surface area (Å²) in [4.78, 5) is 4.90. The van der Waals surface area contributed by atoms with Crippen LogP contribution in [0.1, 0.15) is 106 Å². The Kier molecular flexibility index (Phi) is 10.5. The number of anilines is 6. The molecular formula is C65H62N2. The molecule has 0 N–H and O–H groups in total. The van der Waals surface area contributed by atoms with E-state index in [1.54, 1.807) is 0 Å². The van der Waals surface area contributed by atoms with E-state index in [2.05, 4.69) is 231 Å². The molecule has 8 aromatic rings. The minimum Gasteiger partial charge on any atom is -0.311 e. The van der Waals surface area contributed by atoms with Gasteiger partial charge in [0, 0.05) is 45.0 Å². The largest absolute Gasteiger partial charge is 0.311 e. The normalized spacial score (nSPS) is 22.3. The van der Waals surface area contributed by atoms with Crippen molar-refractivity contribution in [2.75, 3.05) is 9.80 Å². The maximum absolute atomic E-state index is 2.53. The molecule has 4 aliphatic carbocycles. The first-order chi connectivity index (χ1) is 32.9. The van der Waals surface area contributed by atoms with E-state index in [0.717, 1.165) is 29.6 Å². The SMILES string of the molecule is CC1CCCCC1(c1ccc(N(c2ccccc2)c2ccccc2)cc1)c1ccc(N(c2ccc(C3CC4CCC3C4)cc2)c2ccc3c(c2)C(C)(C)c2cccc(-c4ccccc4)c2-3)cc1. The molecule has 2 bridgehead atoms. The zero-order chi connectivity index (χ0) is 45.1. The number of benzene rings is 8. The van der Waals surface area contributed by atoms with Crippen LogP contribution in [-0.2, 0) is 10.8 Å². The number of hydrogen-bond acceptors (Lipinski definition) is 2. The molecule has 0 saturated heterocycles. The highest BCUT2D eigenvalue weighted by atomic mass is 15.1. The van der Waals surface area contributed by atoms with Crippen molar-refractivity contribution < 1.29 is 0 Å². The first kappa shape index (κ1) is 41.8. The quantitative estimate of drug-likeness (QED) is 0.135. The second-order valence-corrected chi connectivity index (χ2v) is 20.9. The van der Waals surface area contributed by atoms with Crippen LogP contribution in [0.25, 0.3) is 22.3 Å². The van der Waals surface area contributed by atoms with Gasteiger partial charge in [-0.25, -0.2) is 0 Å². The Labute approximate surface area is 399 Å². The highest BCUT2D eigenvalue weighted by Crippen LogP contribution is 2.56. The van der Waals surface area contributed by atoms with Crippen LogP contribution < -0.4 is 9.80 Å². The minimum absolute atomic E-state index is 0.0768. The van der Waals surface area contributed by atoms with E-state index in [4.69, 9.17) is 0 Å². The topological polar surface area (TPSA) is 6.48 Å². The van der Waals surface area contributed by atoms with E-state index in [0.29, 0.717) is 11.8 Å². The van der Waals surface area contributed by atoms with Gasteiger partial charge in [-0.3, -0.25) is 0 Å². The van der Waals surface area contributed by atoms with Crippen LogP contribution in [0.3, 0.4) is 0 Å². The van der Waals surface area contributed by atoms with Gasteiger partial charge in [-0.05, 0) is 179 Å². The molecule has 5 atom stereocenters. The molecule has 2 heteroatoms. The molecule has 2 nitrogen and oxygen atoms in total. The van der Waals surface area contributed by atoms with Crippen LogP contribution in [0.4, 0.5) is 34.1 Å². The van der Waals surface area contributed by atoms with Crippen LogP contribution in [0, 0.1) is 17.8 Å². The maximum Gasteiger partial charge on any atom is 0.0465 e. The number of fused-ring (bicyclic) bond motifs is 5. The van der Waals surface area contributed by atoms with E-state index < -0.39 is 0 Å². The summed E-state index contributed by atoms with van der Waals surface area (Å²) in [6.45, 7) is 7.33. The predicted molar refractivity (Wildman–Crippen MR) is 282 cm³/mol. The number of para-hydroxylation sites is 2. The first-order valence-electron chi connectivity index (χ1n) is 25.2. The van der Waals surface area contributed by atoms with Crippen molar-refractivity contribution in [3.05, 3.63) is 228 Å². The van der Waals surface area contributed by atoms with E-state index in [1.165, 1.54) is 118 Å². The third-order valence-corrected chi connectivity index (χ3v) is 17.0. The maximum atomic E-state index is 2.53. The van der Waals surface area contributed by atoms with Gasteiger partial charge in [-0.2, -0.15) is 0 Å². The molecular weight excluding hydrogens is 809 g/mol. The zero-order valence-corrected chi connectivity index (χ0v) is 39.4. The summed E-state index contributed by atoms with van der Waals surface area (Å²) < 4.78 is 0. The Morgan fingerprint density at radius 2 is 1.00 bits per heavy atom. The van der Waals surface area contributed by atoms with Gasteiger partial charge < -0.3 is 9.80 Å². The number of nitrogens with zero attached hydrogens (tertiary/aromatic N) is 2. The van der Waals surface area contributed by atoms with E-state index in [-0.39, 0.29) is 10.8 Å². The fraction of sp³-hybridized carbons (Fsp3) is 0.262. The van der Waals surface area contributed by atoms with Gasteiger partial charge in [0.05, 0.1) is 0 Å². The second-order valence-electron chi connectivity index (χ2n) is 20.9. The van der Waals surface area contributed by atoms with Crippen LogP contribution in [0.2, 0.25) is 0 Å². The van der Waals surface area contributed by atoms with Gasteiger partial charge in [0.15, 0.2) is 0 Å². The molecule has 0 aromatic heterocycles. The smallest absolute Gasteiger partial charge is 0.0465 e. The molecule has 0 radical (unpaired) electrons. The summed E-state index contributed by atoms with van der Waals surface area (Å²) >= 11 is 0. The summed E-state index contributed by atoms with van der Waals surface area (Å²) in [5.41, 5.74) is 19.4. The Bertz CT molecular complexity index is 2970. The lowest BCUT2D eigenvalue weighted by Gasteiger charge is -2.44. The fourth-order valence-corrected chi connectivity index (χ4v) is 13.5. The van der Waals surface area contributed by atoms with Gasteiger partial charge >= 0.3 is 0 Å². The Hall–Kier alpha value is -6.64. The number of hydrogen-bond donors (Lipinski definition) is 0. The predicted octanol–water partition coefficient (Wildman–Crippen LogP) is 18.0.